The normalized spacial score (nSPS) is 13.3. The van der Waals surface area contributed by atoms with Crippen LogP contribution in [0.4, 0.5) is 11.6 Å². The lowest BCUT2D eigenvalue weighted by Crippen LogP contribution is -2.49. The van der Waals surface area contributed by atoms with E-state index in [9.17, 15) is 9.59 Å². The van der Waals surface area contributed by atoms with Crippen LogP contribution in [0.15, 0.2) is 54.6 Å². The van der Waals surface area contributed by atoms with Crippen LogP contribution in [0.2, 0.25) is 5.02 Å². The van der Waals surface area contributed by atoms with Gasteiger partial charge in [0.2, 0.25) is 11.8 Å². The highest BCUT2D eigenvalue weighted by atomic mass is 35.5. The van der Waals surface area contributed by atoms with Crippen LogP contribution in [0.1, 0.15) is 12.5 Å². The van der Waals surface area contributed by atoms with Crippen molar-refractivity contribution in [2.45, 2.75) is 13.3 Å². The molecule has 0 saturated carbocycles. The Hall–Kier alpha value is -3.85. The van der Waals surface area contributed by atoms with Crippen molar-refractivity contribution in [1.82, 2.24) is 20.2 Å². The maximum Gasteiger partial charge on any atom is 0.227 e. The Morgan fingerprint density at radius 1 is 0.973 bits per heavy atom. The molecule has 0 aliphatic carbocycles. The molecule has 2 aromatic carbocycles. The van der Waals surface area contributed by atoms with Gasteiger partial charge in [-0.3, -0.25) is 9.59 Å². The van der Waals surface area contributed by atoms with E-state index >= 15 is 0 Å². The molecule has 2 amide bonds. The number of anilines is 2. The molecule has 2 heterocycles. The first kappa shape index (κ1) is 26.2. The average Bonchev–Trinajstić information content (AvgIpc) is 2.92. The zero-order chi connectivity index (χ0) is 26.2. The van der Waals surface area contributed by atoms with Gasteiger partial charge in [-0.05, 0) is 42.0 Å². The number of nitrogens with one attached hydrogen (secondary N) is 2. The van der Waals surface area contributed by atoms with Crippen LogP contribution in [-0.4, -0.2) is 73.1 Å². The largest absolute Gasteiger partial charge is 0.497 e. The Morgan fingerprint density at radius 2 is 1.68 bits per heavy atom. The van der Waals surface area contributed by atoms with Crippen molar-refractivity contribution in [3.63, 3.8) is 0 Å². The molecule has 2 N–H and O–H groups in total. The van der Waals surface area contributed by atoms with Gasteiger partial charge in [0.15, 0.2) is 5.82 Å². The molecule has 1 saturated heterocycles. The first-order valence-corrected chi connectivity index (χ1v) is 12.6. The fourth-order valence-corrected chi connectivity index (χ4v) is 4.18. The summed E-state index contributed by atoms with van der Waals surface area (Å²) < 4.78 is 5.19. The first-order valence-electron chi connectivity index (χ1n) is 12.2. The van der Waals surface area contributed by atoms with Crippen molar-refractivity contribution in [1.29, 1.82) is 0 Å². The molecule has 0 unspecified atom stereocenters. The number of halogens is 1. The second-order valence-electron chi connectivity index (χ2n) is 8.74. The molecule has 4 rings (SSSR count). The summed E-state index contributed by atoms with van der Waals surface area (Å²) in [6.45, 7) is 5.06. The molecule has 1 fully saturated rings. The van der Waals surface area contributed by atoms with Crippen molar-refractivity contribution in [2.75, 3.05) is 56.6 Å². The fourth-order valence-electron chi connectivity index (χ4n) is 4.06. The van der Waals surface area contributed by atoms with Gasteiger partial charge in [0.25, 0.3) is 0 Å². The Balaban J connectivity index is 1.43. The molecule has 0 radical (unpaired) electrons. The number of hydrogen-bond donors (Lipinski definition) is 2. The quantitative estimate of drug-likeness (QED) is 0.416. The minimum Gasteiger partial charge on any atom is -0.497 e. The molecule has 1 aliphatic heterocycles. The van der Waals surface area contributed by atoms with Crippen LogP contribution in [0.5, 0.6) is 5.75 Å². The highest BCUT2D eigenvalue weighted by Crippen LogP contribution is 2.25. The molecule has 0 bridgehead atoms. The van der Waals surface area contributed by atoms with Crippen molar-refractivity contribution < 1.29 is 14.3 Å². The second-order valence-corrected chi connectivity index (χ2v) is 9.18. The van der Waals surface area contributed by atoms with Crippen molar-refractivity contribution in [3.8, 4) is 17.1 Å². The summed E-state index contributed by atoms with van der Waals surface area (Å²) in [4.78, 5) is 37.6. The van der Waals surface area contributed by atoms with Gasteiger partial charge in [0.1, 0.15) is 17.4 Å². The summed E-state index contributed by atoms with van der Waals surface area (Å²) in [5.41, 5.74) is 1.82. The SMILES string of the molecule is COc1ccc(CC(=O)N2CCN(c3cc(NCCNC(C)=O)nc(-c4ccc(Cl)cc4)n3)CC2)cc1. The van der Waals surface area contributed by atoms with E-state index in [0.717, 1.165) is 22.7 Å². The first-order chi connectivity index (χ1) is 17.9. The minimum absolute atomic E-state index is 0.0774. The summed E-state index contributed by atoms with van der Waals surface area (Å²) in [6, 6.07) is 16.9. The van der Waals surface area contributed by atoms with E-state index in [2.05, 4.69) is 20.5 Å². The van der Waals surface area contributed by atoms with Gasteiger partial charge in [-0.1, -0.05) is 23.7 Å². The fraction of sp³-hybridized carbons (Fsp3) is 0.333. The molecule has 9 nitrogen and oxygen atoms in total. The molecular weight excluding hydrogens is 492 g/mol. The highest BCUT2D eigenvalue weighted by molar-refractivity contribution is 6.30. The van der Waals surface area contributed by atoms with E-state index in [0.29, 0.717) is 62.4 Å². The lowest BCUT2D eigenvalue weighted by Gasteiger charge is -2.35. The van der Waals surface area contributed by atoms with Gasteiger partial charge in [0.05, 0.1) is 13.5 Å². The van der Waals surface area contributed by atoms with E-state index in [1.807, 2.05) is 59.5 Å². The molecule has 10 heteroatoms. The molecule has 1 aromatic heterocycles. The van der Waals surface area contributed by atoms with Gasteiger partial charge in [-0.25, -0.2) is 9.97 Å². The lowest BCUT2D eigenvalue weighted by atomic mass is 10.1. The molecule has 0 atom stereocenters. The van der Waals surface area contributed by atoms with Crippen molar-refractivity contribution in [3.05, 3.63) is 65.2 Å². The van der Waals surface area contributed by atoms with Crippen molar-refractivity contribution >= 4 is 35.1 Å². The number of rotatable bonds is 9. The van der Waals surface area contributed by atoms with Gasteiger partial charge >= 0.3 is 0 Å². The molecular formula is C27H31ClN6O3. The molecule has 1 aliphatic rings. The van der Waals surface area contributed by atoms with E-state index < -0.39 is 0 Å². The zero-order valence-corrected chi connectivity index (χ0v) is 21.8. The number of hydrogen-bond acceptors (Lipinski definition) is 7. The molecule has 194 valence electrons. The van der Waals surface area contributed by atoms with Crippen LogP contribution in [-0.2, 0) is 16.0 Å². The predicted octanol–water partition coefficient (Wildman–Crippen LogP) is 3.24. The van der Waals surface area contributed by atoms with E-state index in [1.165, 1.54) is 6.92 Å². The molecule has 0 spiro atoms. The maximum absolute atomic E-state index is 12.9. The number of ether oxygens (including phenoxy) is 1. The smallest absolute Gasteiger partial charge is 0.227 e. The maximum atomic E-state index is 12.9. The standard InChI is InChI=1S/C27H31ClN6O3/c1-19(35)29-11-12-30-24-18-25(32-27(31-24)21-5-7-22(28)8-6-21)33-13-15-34(16-14-33)26(36)17-20-3-9-23(37-2)10-4-20/h3-10,18H,11-17H2,1-2H3,(H,29,35)(H,30,31,32). The topological polar surface area (TPSA) is 99.7 Å². The number of carbonyl (C=O) groups excluding carboxylic acids is 2. The van der Waals surface area contributed by atoms with Crippen LogP contribution >= 0.6 is 11.6 Å². The Bertz CT molecular complexity index is 1210. The summed E-state index contributed by atoms with van der Waals surface area (Å²) in [7, 11) is 1.63. The number of carbonyl (C=O) groups is 2. The highest BCUT2D eigenvalue weighted by Gasteiger charge is 2.23. The average molecular weight is 523 g/mol. The number of amides is 2. The van der Waals surface area contributed by atoms with E-state index in [-0.39, 0.29) is 11.8 Å². The minimum atomic E-state index is -0.0774. The predicted molar refractivity (Wildman–Crippen MR) is 145 cm³/mol. The van der Waals surface area contributed by atoms with Crippen LogP contribution < -0.4 is 20.3 Å². The monoisotopic (exact) mass is 522 g/mol. The third-order valence-electron chi connectivity index (χ3n) is 6.09. The van der Waals surface area contributed by atoms with Gasteiger partial charge in [-0.2, -0.15) is 0 Å². The molecule has 37 heavy (non-hydrogen) atoms. The van der Waals surface area contributed by atoms with E-state index in [1.54, 1.807) is 7.11 Å². The van der Waals surface area contributed by atoms with Crippen LogP contribution in [0, 0.1) is 0 Å². The van der Waals surface area contributed by atoms with Gasteiger partial charge in [-0.15, -0.1) is 0 Å². The summed E-state index contributed by atoms with van der Waals surface area (Å²) in [5.74, 6) is 2.83. The second kappa shape index (κ2) is 12.4. The van der Waals surface area contributed by atoms with Crippen LogP contribution in [0.3, 0.4) is 0 Å². The van der Waals surface area contributed by atoms with E-state index in [4.69, 9.17) is 21.3 Å². The summed E-state index contributed by atoms with van der Waals surface area (Å²) in [6.07, 6.45) is 0.362. The number of piperazine rings is 1. The van der Waals surface area contributed by atoms with Gasteiger partial charge in [0, 0.05) is 62.8 Å². The third kappa shape index (κ3) is 7.33. The van der Waals surface area contributed by atoms with Crippen LogP contribution in [0.25, 0.3) is 11.4 Å². The summed E-state index contributed by atoms with van der Waals surface area (Å²) in [5, 5.41) is 6.69. The van der Waals surface area contributed by atoms with Gasteiger partial charge < -0.3 is 25.2 Å². The van der Waals surface area contributed by atoms with Crippen molar-refractivity contribution in [2.24, 2.45) is 0 Å². The Morgan fingerprint density at radius 3 is 2.32 bits per heavy atom. The number of aromatic nitrogens is 2. The molecule has 3 aromatic rings. The number of methoxy groups -OCH3 is 1. The Labute approximate surface area is 221 Å². The zero-order valence-electron chi connectivity index (χ0n) is 21.0. The number of nitrogens with zero attached hydrogens (tertiary/aromatic N) is 4. The lowest BCUT2D eigenvalue weighted by molar-refractivity contribution is -0.130. The summed E-state index contributed by atoms with van der Waals surface area (Å²) >= 11 is 6.06. The Kier molecular flexibility index (Phi) is 8.79. The number of benzene rings is 2. The third-order valence-corrected chi connectivity index (χ3v) is 6.34.